The Bertz CT molecular complexity index is 746. The third kappa shape index (κ3) is 2.56. The predicted octanol–water partition coefficient (Wildman–Crippen LogP) is 1.75. The summed E-state index contributed by atoms with van der Waals surface area (Å²) in [5.74, 6) is -1.17. The molecule has 1 aromatic rings. The molecule has 4 rings (SSSR count). The van der Waals surface area contributed by atoms with Crippen molar-refractivity contribution in [3.63, 3.8) is 0 Å². The largest absolute Gasteiger partial charge is 0.352 e. The summed E-state index contributed by atoms with van der Waals surface area (Å²) in [6.07, 6.45) is 5.50. The molecule has 6 heteroatoms. The Morgan fingerprint density at radius 2 is 1.76 bits per heavy atom. The molecular weight excluding hydrogens is 323 g/mol. The normalized spacial score (nSPS) is 29.4. The van der Waals surface area contributed by atoms with Gasteiger partial charge in [0.25, 0.3) is 5.91 Å². The molecule has 130 valence electrons. The SMILES string of the molecule is O=C(NCCCN1C(=O)[C@@H]2[C@@H](C1=O)[C@H]1C=C[C@@H]2C1)c1ccccc1F. The number of hydrogen-bond acceptors (Lipinski definition) is 3. The number of halogens is 1. The molecule has 1 heterocycles. The Morgan fingerprint density at radius 3 is 2.40 bits per heavy atom. The van der Waals surface area contributed by atoms with Crippen LogP contribution in [0, 0.1) is 29.5 Å². The fourth-order valence-corrected chi connectivity index (χ4v) is 4.36. The van der Waals surface area contributed by atoms with Crippen LogP contribution in [0.3, 0.4) is 0 Å². The third-order valence-corrected chi connectivity index (χ3v) is 5.52. The smallest absolute Gasteiger partial charge is 0.254 e. The van der Waals surface area contributed by atoms with E-state index in [0.717, 1.165) is 6.42 Å². The first-order valence-corrected chi connectivity index (χ1v) is 8.64. The van der Waals surface area contributed by atoms with Crippen LogP contribution in [0.15, 0.2) is 36.4 Å². The number of nitrogens with one attached hydrogen (secondary N) is 1. The zero-order valence-corrected chi connectivity index (χ0v) is 13.7. The second-order valence-electron chi connectivity index (χ2n) is 6.92. The summed E-state index contributed by atoms with van der Waals surface area (Å²) in [5, 5.41) is 2.63. The van der Waals surface area contributed by atoms with Crippen LogP contribution in [0.4, 0.5) is 4.39 Å². The number of allylic oxidation sites excluding steroid dienone is 2. The molecule has 25 heavy (non-hydrogen) atoms. The van der Waals surface area contributed by atoms with Gasteiger partial charge in [0.2, 0.25) is 11.8 Å². The second kappa shape index (κ2) is 6.10. The van der Waals surface area contributed by atoms with E-state index in [1.807, 2.05) is 0 Å². The summed E-state index contributed by atoms with van der Waals surface area (Å²) >= 11 is 0. The summed E-state index contributed by atoms with van der Waals surface area (Å²) in [5.41, 5.74) is -0.00648. The van der Waals surface area contributed by atoms with Crippen LogP contribution in [0.5, 0.6) is 0 Å². The van der Waals surface area contributed by atoms with Crippen molar-refractivity contribution in [2.45, 2.75) is 12.8 Å². The second-order valence-corrected chi connectivity index (χ2v) is 6.92. The highest BCUT2D eigenvalue weighted by Gasteiger charge is 2.58. The fourth-order valence-electron chi connectivity index (χ4n) is 4.36. The minimum Gasteiger partial charge on any atom is -0.352 e. The number of likely N-dealkylation sites (tertiary alicyclic amines) is 1. The van der Waals surface area contributed by atoms with Gasteiger partial charge in [-0.3, -0.25) is 19.3 Å². The van der Waals surface area contributed by atoms with Crippen LogP contribution >= 0.6 is 0 Å². The lowest BCUT2D eigenvalue weighted by atomic mass is 9.85. The number of nitrogens with zero attached hydrogens (tertiary/aromatic N) is 1. The molecule has 4 atom stereocenters. The van der Waals surface area contributed by atoms with Crippen molar-refractivity contribution in [1.29, 1.82) is 0 Å². The van der Waals surface area contributed by atoms with Crippen molar-refractivity contribution in [2.24, 2.45) is 23.7 Å². The molecule has 2 fully saturated rings. The molecule has 1 aliphatic heterocycles. The lowest BCUT2D eigenvalue weighted by Crippen LogP contribution is -2.36. The van der Waals surface area contributed by atoms with Crippen molar-refractivity contribution in [3.05, 3.63) is 47.8 Å². The molecule has 0 aromatic heterocycles. The van der Waals surface area contributed by atoms with Crippen molar-refractivity contribution < 1.29 is 18.8 Å². The standard InChI is InChI=1S/C19H19FN2O3/c20-14-5-2-1-4-13(14)17(23)21-8-3-9-22-18(24)15-11-6-7-12(10-11)16(15)19(22)25/h1-2,4-7,11-12,15-16H,3,8-10H2,(H,21,23)/t11-,12+,15-,16-/m0/s1. The maximum Gasteiger partial charge on any atom is 0.254 e. The number of fused-ring (bicyclic) bond motifs is 5. The van der Waals surface area contributed by atoms with E-state index in [9.17, 15) is 18.8 Å². The van der Waals surface area contributed by atoms with Crippen molar-refractivity contribution in [3.8, 4) is 0 Å². The number of carbonyl (C=O) groups excluding carboxylic acids is 3. The molecular formula is C19H19FN2O3. The van der Waals surface area contributed by atoms with E-state index < -0.39 is 11.7 Å². The van der Waals surface area contributed by atoms with Gasteiger partial charge in [0, 0.05) is 13.1 Å². The molecule has 3 amide bonds. The van der Waals surface area contributed by atoms with Gasteiger partial charge in [0.15, 0.2) is 0 Å². The summed E-state index contributed by atoms with van der Waals surface area (Å²) in [6, 6.07) is 5.77. The molecule has 1 saturated carbocycles. The summed E-state index contributed by atoms with van der Waals surface area (Å²) in [7, 11) is 0. The monoisotopic (exact) mass is 342 g/mol. The average Bonchev–Trinajstić information content (AvgIpc) is 3.27. The van der Waals surface area contributed by atoms with Gasteiger partial charge in [-0.15, -0.1) is 0 Å². The minimum atomic E-state index is -0.569. The quantitative estimate of drug-likeness (QED) is 0.504. The van der Waals surface area contributed by atoms with E-state index in [2.05, 4.69) is 17.5 Å². The lowest BCUT2D eigenvalue weighted by molar-refractivity contribution is -0.140. The van der Waals surface area contributed by atoms with Gasteiger partial charge >= 0.3 is 0 Å². The van der Waals surface area contributed by atoms with Crippen molar-refractivity contribution in [1.82, 2.24) is 10.2 Å². The van der Waals surface area contributed by atoms with Crippen LogP contribution < -0.4 is 5.32 Å². The maximum atomic E-state index is 13.5. The van der Waals surface area contributed by atoms with Gasteiger partial charge < -0.3 is 5.32 Å². The van der Waals surface area contributed by atoms with Crippen molar-refractivity contribution in [2.75, 3.05) is 13.1 Å². The Hall–Kier alpha value is -2.50. The van der Waals surface area contributed by atoms with Crippen LogP contribution in [-0.2, 0) is 9.59 Å². The highest BCUT2D eigenvalue weighted by molar-refractivity contribution is 6.06. The molecule has 0 radical (unpaired) electrons. The number of hydrogen-bond donors (Lipinski definition) is 1. The summed E-state index contributed by atoms with van der Waals surface area (Å²) < 4.78 is 13.5. The van der Waals surface area contributed by atoms with E-state index in [1.165, 1.54) is 23.1 Å². The maximum absolute atomic E-state index is 13.5. The zero-order valence-electron chi connectivity index (χ0n) is 13.7. The Labute approximate surface area is 144 Å². The molecule has 1 saturated heterocycles. The Morgan fingerprint density at radius 1 is 1.12 bits per heavy atom. The van der Waals surface area contributed by atoms with Crippen LogP contribution in [0.25, 0.3) is 0 Å². The fraction of sp³-hybridized carbons (Fsp3) is 0.421. The van der Waals surface area contributed by atoms with Crippen molar-refractivity contribution >= 4 is 17.7 Å². The third-order valence-electron chi connectivity index (χ3n) is 5.52. The van der Waals surface area contributed by atoms with Gasteiger partial charge in [-0.1, -0.05) is 24.3 Å². The Kier molecular flexibility index (Phi) is 3.90. The topological polar surface area (TPSA) is 66.5 Å². The van der Waals surface area contributed by atoms with E-state index in [0.29, 0.717) is 13.0 Å². The van der Waals surface area contributed by atoms with Gasteiger partial charge in [-0.05, 0) is 36.8 Å². The van der Waals surface area contributed by atoms with Gasteiger partial charge in [0.1, 0.15) is 5.82 Å². The summed E-state index contributed by atoms with van der Waals surface area (Å²) in [4.78, 5) is 38.3. The first kappa shape index (κ1) is 16.0. The first-order valence-electron chi connectivity index (χ1n) is 8.64. The number of amides is 3. The minimum absolute atomic E-state index is 0.00648. The van der Waals surface area contributed by atoms with E-state index in [-0.39, 0.29) is 47.6 Å². The van der Waals surface area contributed by atoms with Gasteiger partial charge in [0.05, 0.1) is 17.4 Å². The highest BCUT2D eigenvalue weighted by atomic mass is 19.1. The first-order chi connectivity index (χ1) is 12.1. The number of rotatable bonds is 5. The molecule has 2 bridgehead atoms. The highest BCUT2D eigenvalue weighted by Crippen LogP contribution is 2.52. The van der Waals surface area contributed by atoms with Gasteiger partial charge in [-0.2, -0.15) is 0 Å². The molecule has 1 N–H and O–H groups in total. The molecule has 3 aliphatic rings. The predicted molar refractivity (Wildman–Crippen MR) is 87.8 cm³/mol. The molecule has 1 aromatic carbocycles. The van der Waals surface area contributed by atoms with Gasteiger partial charge in [-0.25, -0.2) is 4.39 Å². The van der Waals surface area contributed by atoms with E-state index in [1.54, 1.807) is 6.07 Å². The lowest BCUT2D eigenvalue weighted by Gasteiger charge is -2.17. The molecule has 2 aliphatic carbocycles. The number of benzene rings is 1. The molecule has 0 unspecified atom stereocenters. The van der Waals surface area contributed by atoms with Crippen LogP contribution in [0.2, 0.25) is 0 Å². The van der Waals surface area contributed by atoms with Crippen LogP contribution in [0.1, 0.15) is 23.2 Å². The average molecular weight is 342 g/mol. The molecule has 5 nitrogen and oxygen atoms in total. The number of carbonyl (C=O) groups is 3. The summed E-state index contributed by atoms with van der Waals surface area (Å²) in [6.45, 7) is 0.576. The Balaban J connectivity index is 1.30. The number of imide groups is 1. The molecule has 0 spiro atoms. The van der Waals surface area contributed by atoms with Crippen LogP contribution in [-0.4, -0.2) is 35.7 Å². The zero-order chi connectivity index (χ0) is 17.6. The van der Waals surface area contributed by atoms with E-state index >= 15 is 0 Å². The van der Waals surface area contributed by atoms with E-state index in [4.69, 9.17) is 0 Å².